The minimum absolute atomic E-state index is 0.0656. The Balaban J connectivity index is 1.41. The van der Waals surface area contributed by atoms with E-state index in [4.69, 9.17) is 9.15 Å². The number of aromatic nitrogens is 1. The van der Waals surface area contributed by atoms with Crippen LogP contribution in [0.25, 0.3) is 0 Å². The number of benzene rings is 1. The minimum atomic E-state index is -0.0656. The first kappa shape index (κ1) is 18.7. The lowest BCUT2D eigenvalue weighted by molar-refractivity contribution is 0.0695. The Hall–Kier alpha value is -2.60. The highest BCUT2D eigenvalue weighted by molar-refractivity contribution is 7.09. The number of carbonyl (C=O) groups is 1. The zero-order valence-electron chi connectivity index (χ0n) is 16.1. The van der Waals surface area contributed by atoms with Crippen LogP contribution in [-0.4, -0.2) is 21.8 Å². The molecule has 0 aliphatic heterocycles. The molecule has 1 aromatic carbocycles. The number of hydrogen-bond donors (Lipinski definition) is 0. The van der Waals surface area contributed by atoms with Gasteiger partial charge in [-0.2, -0.15) is 0 Å². The van der Waals surface area contributed by atoms with Crippen LogP contribution < -0.4 is 4.74 Å². The monoisotopic (exact) mass is 396 g/mol. The summed E-state index contributed by atoms with van der Waals surface area (Å²) in [5.41, 5.74) is 2.09. The SMILES string of the molecule is CC(C)c1ccccc1OCc1nc(CN(C(=O)c2ccco2)C2CC2)cs1. The molecule has 0 unspecified atom stereocenters. The first-order chi connectivity index (χ1) is 13.6. The molecule has 1 aliphatic carbocycles. The van der Waals surface area contributed by atoms with Crippen LogP contribution >= 0.6 is 11.3 Å². The van der Waals surface area contributed by atoms with Gasteiger partial charge in [0.15, 0.2) is 5.76 Å². The molecule has 4 rings (SSSR count). The van der Waals surface area contributed by atoms with Gasteiger partial charge in [-0.05, 0) is 42.5 Å². The summed E-state index contributed by atoms with van der Waals surface area (Å²) in [6.07, 6.45) is 3.61. The average Bonchev–Trinajstić information content (AvgIpc) is 3.20. The largest absolute Gasteiger partial charge is 0.486 e. The van der Waals surface area contributed by atoms with E-state index in [9.17, 15) is 4.79 Å². The van der Waals surface area contributed by atoms with E-state index < -0.39 is 0 Å². The Morgan fingerprint density at radius 1 is 1.29 bits per heavy atom. The van der Waals surface area contributed by atoms with Gasteiger partial charge in [-0.25, -0.2) is 4.98 Å². The lowest BCUT2D eigenvalue weighted by atomic mass is 10.0. The van der Waals surface area contributed by atoms with Gasteiger partial charge in [-0.15, -0.1) is 11.3 Å². The quantitative estimate of drug-likeness (QED) is 0.522. The van der Waals surface area contributed by atoms with Crippen LogP contribution in [0.4, 0.5) is 0 Å². The molecule has 0 spiro atoms. The second-order valence-corrected chi connectivity index (χ2v) is 8.30. The number of thiazole rings is 1. The summed E-state index contributed by atoms with van der Waals surface area (Å²) >= 11 is 1.57. The van der Waals surface area contributed by atoms with Crippen molar-refractivity contribution in [3.05, 3.63) is 70.1 Å². The van der Waals surface area contributed by atoms with E-state index in [1.807, 2.05) is 28.5 Å². The molecule has 2 aromatic heterocycles. The van der Waals surface area contributed by atoms with Gasteiger partial charge < -0.3 is 14.1 Å². The summed E-state index contributed by atoms with van der Waals surface area (Å²) in [6.45, 7) is 5.26. The number of rotatable bonds is 8. The molecular weight excluding hydrogens is 372 g/mol. The van der Waals surface area contributed by atoms with Gasteiger partial charge in [0.05, 0.1) is 18.5 Å². The van der Waals surface area contributed by atoms with Crippen molar-refractivity contribution < 1.29 is 13.9 Å². The number of carbonyl (C=O) groups excluding carboxylic acids is 1. The van der Waals surface area contributed by atoms with E-state index in [1.165, 1.54) is 11.8 Å². The van der Waals surface area contributed by atoms with Crippen molar-refractivity contribution >= 4 is 17.2 Å². The third-order valence-corrected chi connectivity index (χ3v) is 5.68. The summed E-state index contributed by atoms with van der Waals surface area (Å²) < 4.78 is 11.3. The Bertz CT molecular complexity index is 929. The Labute approximate surface area is 169 Å². The topological polar surface area (TPSA) is 55.6 Å². The second-order valence-electron chi connectivity index (χ2n) is 7.36. The van der Waals surface area contributed by atoms with Crippen LogP contribution in [0.5, 0.6) is 5.75 Å². The van der Waals surface area contributed by atoms with Crippen molar-refractivity contribution in [3.8, 4) is 5.75 Å². The Morgan fingerprint density at radius 3 is 2.82 bits per heavy atom. The molecule has 1 amide bonds. The Morgan fingerprint density at radius 2 is 2.11 bits per heavy atom. The van der Waals surface area contributed by atoms with E-state index in [1.54, 1.807) is 23.5 Å². The van der Waals surface area contributed by atoms with Gasteiger partial charge in [0.1, 0.15) is 17.4 Å². The van der Waals surface area contributed by atoms with Crippen LogP contribution in [0.1, 0.15) is 59.4 Å². The summed E-state index contributed by atoms with van der Waals surface area (Å²) in [5, 5.41) is 2.92. The number of ether oxygens (including phenoxy) is 1. The van der Waals surface area contributed by atoms with Gasteiger partial charge >= 0.3 is 0 Å². The van der Waals surface area contributed by atoms with Crippen LogP contribution in [-0.2, 0) is 13.2 Å². The summed E-state index contributed by atoms with van der Waals surface area (Å²) in [7, 11) is 0. The third kappa shape index (κ3) is 4.28. The van der Waals surface area contributed by atoms with Gasteiger partial charge in [-0.3, -0.25) is 4.79 Å². The molecule has 0 saturated heterocycles. The summed E-state index contributed by atoms with van der Waals surface area (Å²) in [4.78, 5) is 19.2. The molecule has 28 heavy (non-hydrogen) atoms. The number of nitrogens with zero attached hydrogens (tertiary/aromatic N) is 2. The number of furan rings is 1. The minimum Gasteiger partial charge on any atom is -0.486 e. The van der Waals surface area contributed by atoms with Crippen molar-refractivity contribution in [2.45, 2.75) is 51.8 Å². The average molecular weight is 397 g/mol. The zero-order chi connectivity index (χ0) is 19.5. The second kappa shape index (κ2) is 8.19. The molecule has 0 N–H and O–H groups in total. The van der Waals surface area contributed by atoms with E-state index >= 15 is 0 Å². The van der Waals surface area contributed by atoms with Crippen molar-refractivity contribution in [3.63, 3.8) is 0 Å². The molecule has 1 saturated carbocycles. The Kier molecular flexibility index (Phi) is 5.48. The molecular formula is C22H24N2O3S. The fourth-order valence-corrected chi connectivity index (χ4v) is 3.88. The van der Waals surface area contributed by atoms with Crippen LogP contribution in [0, 0.1) is 0 Å². The molecule has 3 aromatic rings. The maximum atomic E-state index is 12.7. The van der Waals surface area contributed by atoms with Gasteiger partial charge in [-0.1, -0.05) is 32.0 Å². The highest BCUT2D eigenvalue weighted by atomic mass is 32.1. The maximum absolute atomic E-state index is 12.7. The summed E-state index contributed by atoms with van der Waals surface area (Å²) in [5.74, 6) is 1.63. The van der Waals surface area contributed by atoms with Gasteiger partial charge in [0.25, 0.3) is 5.91 Å². The molecule has 1 aliphatic rings. The highest BCUT2D eigenvalue weighted by Gasteiger charge is 2.34. The number of hydrogen-bond acceptors (Lipinski definition) is 5. The van der Waals surface area contributed by atoms with Crippen LogP contribution in [0.3, 0.4) is 0 Å². The molecule has 6 heteroatoms. The number of amides is 1. The third-order valence-electron chi connectivity index (χ3n) is 4.80. The maximum Gasteiger partial charge on any atom is 0.290 e. The van der Waals surface area contributed by atoms with E-state index in [-0.39, 0.29) is 11.9 Å². The molecule has 0 atom stereocenters. The van der Waals surface area contributed by atoms with Crippen molar-refractivity contribution in [2.75, 3.05) is 0 Å². The number of para-hydroxylation sites is 1. The molecule has 0 radical (unpaired) electrons. The highest BCUT2D eigenvalue weighted by Crippen LogP contribution is 2.31. The fraction of sp³-hybridized carbons (Fsp3) is 0.364. The zero-order valence-corrected chi connectivity index (χ0v) is 16.9. The molecule has 2 heterocycles. The molecule has 5 nitrogen and oxygen atoms in total. The summed E-state index contributed by atoms with van der Waals surface area (Å²) in [6, 6.07) is 11.9. The van der Waals surface area contributed by atoms with Crippen molar-refractivity contribution in [1.29, 1.82) is 0 Å². The molecule has 146 valence electrons. The predicted molar refractivity (Wildman–Crippen MR) is 109 cm³/mol. The van der Waals surface area contributed by atoms with Crippen LogP contribution in [0.2, 0.25) is 0 Å². The van der Waals surface area contributed by atoms with Crippen molar-refractivity contribution in [1.82, 2.24) is 9.88 Å². The first-order valence-electron chi connectivity index (χ1n) is 9.61. The van der Waals surface area contributed by atoms with Gasteiger partial charge in [0.2, 0.25) is 0 Å². The lowest BCUT2D eigenvalue weighted by Crippen LogP contribution is -2.32. The fourth-order valence-electron chi connectivity index (χ4n) is 3.19. The lowest BCUT2D eigenvalue weighted by Gasteiger charge is -2.20. The molecule has 1 fully saturated rings. The smallest absolute Gasteiger partial charge is 0.290 e. The van der Waals surface area contributed by atoms with E-state index in [2.05, 4.69) is 24.9 Å². The van der Waals surface area contributed by atoms with E-state index in [0.717, 1.165) is 29.3 Å². The van der Waals surface area contributed by atoms with E-state index in [0.29, 0.717) is 24.8 Å². The standard InChI is InChI=1S/C22H24N2O3S/c1-15(2)18-6-3-4-7-19(18)27-13-21-23-16(14-28-21)12-24(17-9-10-17)22(25)20-8-5-11-26-20/h3-8,11,14-15,17H,9-10,12-13H2,1-2H3. The normalized spacial score (nSPS) is 13.7. The van der Waals surface area contributed by atoms with Crippen LogP contribution in [0.15, 0.2) is 52.5 Å². The first-order valence-corrected chi connectivity index (χ1v) is 10.5. The molecule has 0 bridgehead atoms. The van der Waals surface area contributed by atoms with Gasteiger partial charge in [0, 0.05) is 11.4 Å². The van der Waals surface area contributed by atoms with Crippen molar-refractivity contribution in [2.24, 2.45) is 0 Å². The predicted octanol–water partition coefficient (Wildman–Crippen LogP) is 5.24.